The maximum Gasteiger partial charge on any atom is 0.255 e. The van der Waals surface area contributed by atoms with E-state index in [1.54, 1.807) is 18.2 Å². The van der Waals surface area contributed by atoms with Crippen LogP contribution in [-0.2, 0) is 10.0 Å². The van der Waals surface area contributed by atoms with E-state index in [2.05, 4.69) is 17.0 Å². The maximum atomic E-state index is 12.3. The fraction of sp³-hybridized carbons (Fsp3) is 0.611. The van der Waals surface area contributed by atoms with E-state index >= 15 is 0 Å². The van der Waals surface area contributed by atoms with Gasteiger partial charge < -0.3 is 14.8 Å². The summed E-state index contributed by atoms with van der Waals surface area (Å²) in [6, 6.07) is 4.84. The van der Waals surface area contributed by atoms with Gasteiger partial charge in [0.15, 0.2) is 0 Å². The largest absolute Gasteiger partial charge is 0.497 e. The second-order valence-corrected chi connectivity index (χ2v) is 8.50. The first-order chi connectivity index (χ1) is 12.4. The summed E-state index contributed by atoms with van der Waals surface area (Å²) in [6.45, 7) is 2.11. The molecule has 1 amide bonds. The summed E-state index contributed by atoms with van der Waals surface area (Å²) in [7, 11) is -0.443. The van der Waals surface area contributed by atoms with Gasteiger partial charge in [0.2, 0.25) is 10.0 Å². The quantitative estimate of drug-likeness (QED) is 0.714. The van der Waals surface area contributed by atoms with Crippen LogP contribution < -0.4 is 19.5 Å². The van der Waals surface area contributed by atoms with Crippen LogP contribution in [0, 0.1) is 5.92 Å². The molecule has 7 nitrogen and oxygen atoms in total. The second-order valence-electron chi connectivity index (χ2n) is 6.63. The van der Waals surface area contributed by atoms with Crippen molar-refractivity contribution in [2.24, 2.45) is 5.92 Å². The Labute approximate surface area is 155 Å². The Bertz CT molecular complexity index is 720. The minimum atomic E-state index is -3.43. The molecular weight excluding hydrogens is 356 g/mol. The number of hydrogen-bond donors (Lipinski definition) is 2. The average molecular weight is 384 g/mol. The molecular formula is C18H28N2O5S. The summed E-state index contributed by atoms with van der Waals surface area (Å²) >= 11 is 0. The average Bonchev–Trinajstić information content (AvgIpc) is 2.62. The second kappa shape index (κ2) is 9.23. The van der Waals surface area contributed by atoms with Gasteiger partial charge in [0.05, 0.1) is 25.5 Å². The molecule has 0 radical (unpaired) electrons. The Balaban J connectivity index is 1.89. The monoisotopic (exact) mass is 384 g/mol. The fourth-order valence-electron chi connectivity index (χ4n) is 3.16. The smallest absolute Gasteiger partial charge is 0.255 e. The minimum Gasteiger partial charge on any atom is -0.497 e. The van der Waals surface area contributed by atoms with E-state index in [0.29, 0.717) is 23.0 Å². The lowest BCUT2D eigenvalue weighted by atomic mass is 9.87. The molecule has 0 aromatic heterocycles. The number of benzene rings is 1. The van der Waals surface area contributed by atoms with E-state index in [1.165, 1.54) is 14.2 Å². The molecule has 1 fully saturated rings. The van der Waals surface area contributed by atoms with E-state index in [1.807, 2.05) is 0 Å². The summed E-state index contributed by atoms with van der Waals surface area (Å²) in [6.07, 6.45) is 4.11. The maximum absolute atomic E-state index is 12.3. The van der Waals surface area contributed by atoms with Crippen molar-refractivity contribution in [3.8, 4) is 11.5 Å². The zero-order chi connectivity index (χ0) is 19.2. The zero-order valence-corrected chi connectivity index (χ0v) is 16.4. The third kappa shape index (κ3) is 5.60. The highest BCUT2D eigenvalue weighted by Gasteiger charge is 2.25. The third-order valence-corrected chi connectivity index (χ3v) is 6.16. The van der Waals surface area contributed by atoms with Crippen LogP contribution in [0.4, 0.5) is 0 Å². The summed E-state index contributed by atoms with van der Waals surface area (Å²) in [5.74, 6) is 0.758. The van der Waals surface area contributed by atoms with Gasteiger partial charge in [-0.25, -0.2) is 13.1 Å². The van der Waals surface area contributed by atoms with Gasteiger partial charge >= 0.3 is 0 Å². The highest BCUT2D eigenvalue weighted by atomic mass is 32.2. The predicted molar refractivity (Wildman–Crippen MR) is 100 cm³/mol. The molecule has 1 aromatic carbocycles. The molecule has 0 heterocycles. The number of carbonyl (C=O) groups is 1. The van der Waals surface area contributed by atoms with Gasteiger partial charge in [0.1, 0.15) is 11.5 Å². The SMILES string of the molecule is COc1ccc(C(=O)NCCS(=O)(=O)N[C@H]2CCCC[C@@H]2C)c(OC)c1. The number of nitrogens with one attached hydrogen (secondary N) is 2. The molecule has 0 saturated heterocycles. The van der Waals surface area contributed by atoms with Gasteiger partial charge in [-0.2, -0.15) is 0 Å². The highest BCUT2D eigenvalue weighted by molar-refractivity contribution is 7.89. The molecule has 0 bridgehead atoms. The Hall–Kier alpha value is -1.80. The number of carbonyl (C=O) groups excluding carboxylic acids is 1. The van der Waals surface area contributed by atoms with Gasteiger partial charge in [-0.15, -0.1) is 0 Å². The van der Waals surface area contributed by atoms with E-state index in [0.717, 1.165) is 25.7 Å². The van der Waals surface area contributed by atoms with Crippen LogP contribution in [0.1, 0.15) is 43.0 Å². The Morgan fingerprint density at radius 1 is 1.19 bits per heavy atom. The lowest BCUT2D eigenvalue weighted by molar-refractivity contribution is 0.0953. The van der Waals surface area contributed by atoms with Crippen molar-refractivity contribution < 1.29 is 22.7 Å². The Morgan fingerprint density at radius 3 is 2.58 bits per heavy atom. The number of rotatable bonds is 8. The number of sulfonamides is 1. The summed E-state index contributed by atoms with van der Waals surface area (Å²) in [4.78, 5) is 12.3. The first kappa shape index (κ1) is 20.5. The van der Waals surface area contributed by atoms with Crippen molar-refractivity contribution in [1.29, 1.82) is 0 Å². The molecule has 0 aliphatic heterocycles. The minimum absolute atomic E-state index is 0.00821. The molecule has 1 saturated carbocycles. The van der Waals surface area contributed by atoms with Gasteiger partial charge in [-0.1, -0.05) is 19.8 Å². The van der Waals surface area contributed by atoms with E-state index in [4.69, 9.17) is 9.47 Å². The van der Waals surface area contributed by atoms with Crippen molar-refractivity contribution in [2.75, 3.05) is 26.5 Å². The highest BCUT2D eigenvalue weighted by Crippen LogP contribution is 2.25. The number of methoxy groups -OCH3 is 2. The molecule has 0 spiro atoms. The van der Waals surface area contributed by atoms with E-state index in [-0.39, 0.29) is 24.2 Å². The molecule has 146 valence electrons. The van der Waals surface area contributed by atoms with Crippen LogP contribution in [0.15, 0.2) is 18.2 Å². The van der Waals surface area contributed by atoms with Crippen molar-refractivity contribution in [3.05, 3.63) is 23.8 Å². The summed E-state index contributed by atoms with van der Waals surface area (Å²) in [5, 5.41) is 2.64. The topological polar surface area (TPSA) is 93.7 Å². The number of amides is 1. The van der Waals surface area contributed by atoms with Gasteiger partial charge in [-0.3, -0.25) is 4.79 Å². The van der Waals surface area contributed by atoms with Crippen LogP contribution >= 0.6 is 0 Å². The molecule has 8 heteroatoms. The first-order valence-electron chi connectivity index (χ1n) is 8.86. The van der Waals surface area contributed by atoms with E-state index < -0.39 is 10.0 Å². The van der Waals surface area contributed by atoms with Crippen LogP contribution in [0.5, 0.6) is 11.5 Å². The number of ether oxygens (including phenoxy) is 2. The van der Waals surface area contributed by atoms with Crippen molar-refractivity contribution in [1.82, 2.24) is 10.0 Å². The number of hydrogen-bond acceptors (Lipinski definition) is 5. The normalized spacial score (nSPS) is 20.4. The zero-order valence-electron chi connectivity index (χ0n) is 15.6. The van der Waals surface area contributed by atoms with Gasteiger partial charge in [-0.05, 0) is 30.9 Å². The lowest BCUT2D eigenvalue weighted by Crippen LogP contribution is -2.43. The van der Waals surface area contributed by atoms with Gasteiger partial charge in [0.25, 0.3) is 5.91 Å². The fourth-order valence-corrected chi connectivity index (χ4v) is 4.46. The lowest BCUT2D eigenvalue weighted by Gasteiger charge is -2.29. The molecule has 1 aromatic rings. The van der Waals surface area contributed by atoms with Crippen molar-refractivity contribution in [3.63, 3.8) is 0 Å². The first-order valence-corrected chi connectivity index (χ1v) is 10.5. The molecule has 2 atom stereocenters. The van der Waals surface area contributed by atoms with Crippen LogP contribution in [-0.4, -0.2) is 46.9 Å². The van der Waals surface area contributed by atoms with Crippen LogP contribution in [0.3, 0.4) is 0 Å². The Kier molecular flexibility index (Phi) is 7.28. The molecule has 1 aliphatic rings. The summed E-state index contributed by atoms with van der Waals surface area (Å²) < 4.78 is 37.6. The molecule has 26 heavy (non-hydrogen) atoms. The van der Waals surface area contributed by atoms with Crippen LogP contribution in [0.2, 0.25) is 0 Å². The van der Waals surface area contributed by atoms with E-state index in [9.17, 15) is 13.2 Å². The van der Waals surface area contributed by atoms with Crippen molar-refractivity contribution in [2.45, 2.75) is 38.6 Å². The predicted octanol–water partition coefficient (Wildman–Crippen LogP) is 1.93. The molecule has 1 aliphatic carbocycles. The molecule has 2 N–H and O–H groups in total. The Morgan fingerprint density at radius 2 is 1.92 bits per heavy atom. The summed E-state index contributed by atoms with van der Waals surface area (Å²) in [5.41, 5.74) is 0.333. The standard InChI is InChI=1S/C18H28N2O5S/c1-13-6-4-5-7-16(13)20-26(22,23)11-10-19-18(21)15-9-8-14(24-2)12-17(15)25-3/h8-9,12-13,16,20H,4-7,10-11H2,1-3H3,(H,19,21)/t13-,16-/m0/s1. The van der Waals surface area contributed by atoms with Gasteiger partial charge in [0, 0.05) is 18.7 Å². The van der Waals surface area contributed by atoms with Crippen LogP contribution in [0.25, 0.3) is 0 Å². The van der Waals surface area contributed by atoms with Crippen molar-refractivity contribution >= 4 is 15.9 Å². The third-order valence-electron chi connectivity index (χ3n) is 4.75. The molecule has 2 rings (SSSR count). The molecule has 0 unspecified atom stereocenters.